The van der Waals surface area contributed by atoms with Crippen LogP contribution in [0, 0.1) is 17.0 Å². The average Bonchev–Trinajstić information content (AvgIpc) is 2.12. The molecule has 52 valence electrons. The van der Waals surface area contributed by atoms with Gasteiger partial charge in [-0.3, -0.25) is 10.1 Å². The van der Waals surface area contributed by atoms with Crippen LogP contribution in [0.15, 0.2) is 24.2 Å². The topological polar surface area (TPSA) is 43.1 Å². The molecule has 0 aromatic heterocycles. The smallest absolute Gasteiger partial charge is 0.258 e. The van der Waals surface area contributed by atoms with Crippen molar-refractivity contribution in [1.29, 1.82) is 0 Å². The second-order valence-electron chi connectivity index (χ2n) is 1.48. The van der Waals surface area contributed by atoms with Gasteiger partial charge in [0, 0.05) is 16.2 Å². The van der Waals surface area contributed by atoms with Gasteiger partial charge in [0.15, 0.2) is 0 Å². The van der Waals surface area contributed by atoms with Gasteiger partial charge in [0.2, 0.25) is 0 Å². The first kappa shape index (κ1) is 2.05. The first-order valence-electron chi connectivity index (χ1n) is 5.84. The molecular formula is C7H7NO2. The number of nitro groups is 1. The van der Waals surface area contributed by atoms with Crippen molar-refractivity contribution < 1.29 is 14.5 Å². The quantitative estimate of drug-likeness (QED) is 0.446. The Kier molecular flexibility index (Phi) is 0.507. The monoisotopic (exact) mass is 144 g/mol. The van der Waals surface area contributed by atoms with Crippen LogP contribution in [0.4, 0.5) is 5.69 Å². The molecule has 0 spiro atoms. The van der Waals surface area contributed by atoms with Crippen LogP contribution in [-0.2, 0) is 0 Å². The second-order valence-corrected chi connectivity index (χ2v) is 1.48. The van der Waals surface area contributed by atoms with Crippen molar-refractivity contribution >= 4 is 5.69 Å². The summed E-state index contributed by atoms with van der Waals surface area (Å²) < 4.78 is 50.6. The van der Waals surface area contributed by atoms with Gasteiger partial charge in [-0.1, -0.05) is 17.6 Å². The third-order valence-electron chi connectivity index (χ3n) is 0.794. The van der Waals surface area contributed by atoms with E-state index in [9.17, 15) is 10.1 Å². The van der Waals surface area contributed by atoms with Crippen molar-refractivity contribution in [3.8, 4) is 0 Å². The number of hydrogen-bond acceptors (Lipinski definition) is 2. The molecular weight excluding hydrogens is 130 g/mol. The van der Waals surface area contributed by atoms with Gasteiger partial charge in [0.1, 0.15) is 0 Å². The van der Waals surface area contributed by atoms with Crippen LogP contribution in [0.1, 0.15) is 15.2 Å². The van der Waals surface area contributed by atoms with Gasteiger partial charge >= 0.3 is 0 Å². The van der Waals surface area contributed by atoms with Gasteiger partial charge in [0.05, 0.1) is 10.4 Å². The van der Waals surface area contributed by atoms with Crippen LogP contribution in [0.3, 0.4) is 0 Å². The average molecular weight is 144 g/mol. The van der Waals surface area contributed by atoms with Gasteiger partial charge in [0.25, 0.3) is 5.69 Å². The highest BCUT2D eigenvalue weighted by molar-refractivity contribution is 5.31. The Morgan fingerprint density at radius 2 is 2.20 bits per heavy atom. The molecule has 0 saturated heterocycles. The number of hydrogen-bond donors (Lipinski definition) is 0. The first-order chi connectivity index (χ1) is 7.59. The van der Waals surface area contributed by atoms with E-state index in [2.05, 4.69) is 0 Å². The lowest BCUT2D eigenvalue weighted by Crippen LogP contribution is -1.86. The highest BCUT2D eigenvalue weighted by Crippen LogP contribution is 2.10. The molecule has 0 atom stereocenters. The van der Waals surface area contributed by atoms with E-state index in [1.165, 1.54) is 0 Å². The normalized spacial score (nSPS) is 20.6. The van der Waals surface area contributed by atoms with E-state index >= 15 is 0 Å². The summed E-state index contributed by atoms with van der Waals surface area (Å²) in [6.45, 7) is -2.85. The third kappa shape index (κ3) is 1.31. The largest absolute Gasteiger partial charge is 0.269 e. The van der Waals surface area contributed by atoms with Crippen LogP contribution in [0.25, 0.3) is 0 Å². The predicted octanol–water partition coefficient (Wildman–Crippen LogP) is 1.90. The van der Waals surface area contributed by atoms with E-state index in [-0.39, 0.29) is 0 Å². The molecule has 1 rings (SSSR count). The van der Waals surface area contributed by atoms with Crippen molar-refractivity contribution in [3.63, 3.8) is 0 Å². The molecule has 0 bridgehead atoms. The van der Waals surface area contributed by atoms with Crippen molar-refractivity contribution in [2.45, 2.75) is 6.85 Å². The summed E-state index contributed by atoms with van der Waals surface area (Å²) in [4.78, 5) is 9.50. The Morgan fingerprint density at radius 3 is 2.60 bits per heavy atom. The van der Waals surface area contributed by atoms with Crippen LogP contribution >= 0.6 is 0 Å². The second kappa shape index (κ2) is 2.47. The standard InChI is InChI=1S/C7H7NO2/c1-6-2-4-7(5-3-6)8(9)10/h2-5H,1H3/i1D3,2D,3D,4D,5D. The van der Waals surface area contributed by atoms with E-state index in [1.807, 2.05) is 0 Å². The van der Waals surface area contributed by atoms with Gasteiger partial charge in [-0.25, -0.2) is 0 Å². The maximum Gasteiger partial charge on any atom is 0.269 e. The molecule has 3 heteroatoms. The number of rotatable bonds is 1. The summed E-state index contributed by atoms with van der Waals surface area (Å²) in [6, 6.07) is -3.72. The third-order valence-corrected chi connectivity index (χ3v) is 0.794. The van der Waals surface area contributed by atoms with E-state index in [4.69, 9.17) is 9.60 Å². The number of nitro benzene ring substituents is 1. The van der Waals surface area contributed by atoms with Crippen molar-refractivity contribution in [3.05, 3.63) is 39.8 Å². The minimum Gasteiger partial charge on any atom is -0.258 e. The minimum atomic E-state index is -2.85. The molecule has 0 heterocycles. The summed E-state index contributed by atoms with van der Waals surface area (Å²) in [5.74, 6) is 0. The summed E-state index contributed by atoms with van der Waals surface area (Å²) >= 11 is 0. The SMILES string of the molecule is [2H]c1c([2H])c(C([2H])([2H])[2H])c([2H])c([2H])c1[N+](=O)[O-]. The van der Waals surface area contributed by atoms with Crippen LogP contribution in [-0.4, -0.2) is 4.92 Å². The molecule has 0 radical (unpaired) electrons. The Bertz CT molecular complexity index is 467. The van der Waals surface area contributed by atoms with Crippen molar-refractivity contribution in [1.82, 2.24) is 0 Å². The highest BCUT2D eigenvalue weighted by Gasteiger charge is 2.00. The fourth-order valence-corrected chi connectivity index (χ4v) is 0.397. The Hall–Kier alpha value is -1.38. The van der Waals surface area contributed by atoms with Gasteiger partial charge in [-0.2, -0.15) is 0 Å². The fraction of sp³-hybridized carbons (Fsp3) is 0.143. The minimum absolute atomic E-state index is 0.807. The lowest BCUT2D eigenvalue weighted by molar-refractivity contribution is -0.384. The molecule has 10 heavy (non-hydrogen) atoms. The molecule has 0 aliphatic heterocycles. The Labute approximate surface area is 68.3 Å². The number of benzene rings is 1. The lowest BCUT2D eigenvalue weighted by atomic mass is 10.2. The molecule has 0 saturated carbocycles. The molecule has 0 amide bonds. The van der Waals surface area contributed by atoms with Crippen molar-refractivity contribution in [2.75, 3.05) is 0 Å². The zero-order valence-corrected chi connectivity index (χ0v) is 4.76. The zero-order valence-electron chi connectivity index (χ0n) is 11.8. The van der Waals surface area contributed by atoms with Crippen LogP contribution in [0.2, 0.25) is 0 Å². The fourth-order valence-electron chi connectivity index (χ4n) is 0.397. The van der Waals surface area contributed by atoms with Crippen molar-refractivity contribution in [2.24, 2.45) is 0 Å². The molecule has 0 unspecified atom stereocenters. The van der Waals surface area contributed by atoms with Crippen LogP contribution < -0.4 is 0 Å². The van der Waals surface area contributed by atoms with E-state index in [0.29, 0.717) is 0 Å². The summed E-state index contributed by atoms with van der Waals surface area (Å²) in [6.07, 6.45) is 0. The van der Waals surface area contributed by atoms with Gasteiger partial charge in [-0.15, -0.1) is 0 Å². The van der Waals surface area contributed by atoms with Gasteiger partial charge < -0.3 is 0 Å². The Morgan fingerprint density at radius 1 is 1.60 bits per heavy atom. The summed E-state index contributed by atoms with van der Waals surface area (Å²) in [5, 5.41) is 10.6. The molecule has 0 N–H and O–H groups in total. The maximum atomic E-state index is 10.6. The van der Waals surface area contributed by atoms with E-state index < -0.39 is 47.2 Å². The maximum absolute atomic E-state index is 10.6. The van der Waals surface area contributed by atoms with E-state index in [0.717, 1.165) is 0 Å². The van der Waals surface area contributed by atoms with Gasteiger partial charge in [-0.05, 0) is 6.85 Å². The lowest BCUT2D eigenvalue weighted by Gasteiger charge is -1.90. The van der Waals surface area contributed by atoms with E-state index in [1.54, 1.807) is 0 Å². The first-order valence-corrected chi connectivity index (χ1v) is 2.34. The molecule has 3 nitrogen and oxygen atoms in total. The predicted molar refractivity (Wildman–Crippen MR) is 37.8 cm³/mol. The van der Waals surface area contributed by atoms with Crippen LogP contribution in [0.5, 0.6) is 0 Å². The number of nitrogens with zero attached hydrogens (tertiary/aromatic N) is 1. The molecule has 0 fully saturated rings. The summed E-state index contributed by atoms with van der Waals surface area (Å²) in [5.41, 5.74) is -1.83. The molecule has 1 aromatic rings. The zero-order chi connectivity index (χ0) is 13.5. The highest BCUT2D eigenvalue weighted by atomic mass is 16.6. The Balaban J connectivity index is 3.77. The molecule has 0 aliphatic carbocycles. The molecule has 0 aliphatic rings. The summed E-state index contributed by atoms with van der Waals surface area (Å²) in [7, 11) is 0. The molecule has 1 aromatic carbocycles.